The third-order valence-electron chi connectivity index (χ3n) is 7.36. The van der Waals surface area contributed by atoms with Gasteiger partial charge in [-0.2, -0.15) is 0 Å². The Morgan fingerprint density at radius 3 is 2.59 bits per heavy atom. The lowest BCUT2D eigenvalue weighted by Crippen LogP contribution is -2.40. The molecule has 0 unspecified atom stereocenters. The number of nitrogens with one attached hydrogen (secondary N) is 1. The van der Waals surface area contributed by atoms with Crippen LogP contribution in [0, 0.1) is 10.1 Å². The molecule has 1 amide bonds. The smallest absolute Gasteiger partial charge is 0.288 e. The Kier molecular flexibility index (Phi) is 8.31. The second-order valence-corrected chi connectivity index (χ2v) is 11.6. The van der Waals surface area contributed by atoms with Crippen LogP contribution in [0.15, 0.2) is 104 Å². The van der Waals surface area contributed by atoms with E-state index in [1.165, 1.54) is 30.9 Å². The van der Waals surface area contributed by atoms with E-state index >= 15 is 0 Å². The van der Waals surface area contributed by atoms with Crippen LogP contribution in [-0.4, -0.2) is 29.6 Å². The highest BCUT2D eigenvalue weighted by Crippen LogP contribution is 2.38. The summed E-state index contributed by atoms with van der Waals surface area (Å²) in [7, 11) is 3.04. The van der Waals surface area contributed by atoms with Gasteiger partial charge in [0.05, 0.1) is 34.9 Å². The van der Waals surface area contributed by atoms with Crippen LogP contribution in [0.3, 0.4) is 0 Å². The molecule has 13 heteroatoms. The van der Waals surface area contributed by atoms with E-state index in [0.717, 1.165) is 11.3 Å². The lowest BCUT2D eigenvalue weighted by atomic mass is 9.94. The first kappa shape index (κ1) is 30.6. The van der Waals surface area contributed by atoms with Gasteiger partial charge in [-0.05, 0) is 55.5 Å². The Morgan fingerprint density at radius 2 is 1.87 bits per heavy atom. The number of nitro groups is 1. The van der Waals surface area contributed by atoms with Crippen molar-refractivity contribution in [3.05, 3.63) is 136 Å². The molecule has 5 aromatic rings. The maximum absolute atomic E-state index is 14.1. The summed E-state index contributed by atoms with van der Waals surface area (Å²) in [5.74, 6) is 1.25. The quantitative estimate of drug-likeness (QED) is 0.167. The number of fused-ring (bicyclic) bond motifs is 1. The molecule has 0 fully saturated rings. The topological polar surface area (TPSA) is 138 Å². The number of halogens is 1. The molecule has 1 atom stereocenters. The Labute approximate surface area is 270 Å². The van der Waals surface area contributed by atoms with Crippen molar-refractivity contribution < 1.29 is 23.6 Å². The number of thiazole rings is 1. The van der Waals surface area contributed by atoms with Crippen molar-refractivity contribution in [3.8, 4) is 22.8 Å². The van der Waals surface area contributed by atoms with E-state index in [2.05, 4.69) is 10.3 Å². The van der Waals surface area contributed by atoms with E-state index in [1.807, 2.05) is 18.2 Å². The first-order valence-corrected chi connectivity index (χ1v) is 15.0. The molecular weight excluding hydrogens is 632 g/mol. The van der Waals surface area contributed by atoms with Crippen molar-refractivity contribution in [2.45, 2.75) is 13.0 Å². The normalized spacial score (nSPS) is 14.4. The molecule has 0 saturated heterocycles. The number of carbonyl (C=O) groups is 1. The monoisotopic (exact) mass is 656 g/mol. The van der Waals surface area contributed by atoms with Crippen LogP contribution in [0.25, 0.3) is 17.4 Å². The van der Waals surface area contributed by atoms with Gasteiger partial charge in [-0.1, -0.05) is 41.1 Å². The molecule has 46 heavy (non-hydrogen) atoms. The summed E-state index contributed by atoms with van der Waals surface area (Å²) in [5.41, 5.74) is 1.67. The summed E-state index contributed by atoms with van der Waals surface area (Å²) in [6, 6.07) is 21.0. The molecule has 1 aliphatic heterocycles. The summed E-state index contributed by atoms with van der Waals surface area (Å²) in [6.45, 7) is 1.73. The van der Waals surface area contributed by atoms with E-state index in [0.29, 0.717) is 54.9 Å². The fourth-order valence-corrected chi connectivity index (χ4v) is 6.40. The standard InChI is InChI=1S/C33H25ClN4O7S/c1-18-29(31(39)36-20-7-5-4-6-8-20)30(23-12-10-21(43-2)16-27(23)44-3)37-32(40)28(46-33(37)35-18)17-22-11-14-26(45-22)19-9-13-24(34)25(15-19)38(41)42/h4-17,30H,1-3H3,(H,36,39)/b28-17-/t30-/m1/s1. The zero-order chi connectivity index (χ0) is 32.5. The van der Waals surface area contributed by atoms with Gasteiger partial charge in [-0.3, -0.25) is 24.3 Å². The third kappa shape index (κ3) is 5.71. The third-order valence-corrected chi connectivity index (χ3v) is 8.66. The first-order chi connectivity index (χ1) is 22.2. The Hall–Kier alpha value is -5.46. The zero-order valence-corrected chi connectivity index (χ0v) is 26.2. The summed E-state index contributed by atoms with van der Waals surface area (Å²) in [5, 5.41) is 14.3. The minimum absolute atomic E-state index is 0.0109. The number of carbonyl (C=O) groups excluding carboxylic acids is 1. The molecule has 0 aliphatic carbocycles. The molecule has 3 heterocycles. The average Bonchev–Trinajstić information content (AvgIpc) is 3.64. The van der Waals surface area contributed by atoms with Crippen LogP contribution < -0.4 is 29.7 Å². The van der Waals surface area contributed by atoms with Crippen molar-refractivity contribution in [1.29, 1.82) is 0 Å². The van der Waals surface area contributed by atoms with E-state index in [1.54, 1.807) is 61.5 Å². The van der Waals surface area contributed by atoms with E-state index in [4.69, 9.17) is 25.5 Å². The number of furan rings is 1. The van der Waals surface area contributed by atoms with Crippen molar-refractivity contribution >= 4 is 46.3 Å². The number of hydrogen-bond donors (Lipinski definition) is 1. The van der Waals surface area contributed by atoms with Gasteiger partial charge in [-0.15, -0.1) is 0 Å². The fraction of sp³-hybridized carbons (Fsp3) is 0.121. The molecule has 232 valence electrons. The van der Waals surface area contributed by atoms with Gasteiger partial charge in [0.2, 0.25) is 0 Å². The van der Waals surface area contributed by atoms with Crippen LogP contribution in [0.1, 0.15) is 24.3 Å². The van der Waals surface area contributed by atoms with Gasteiger partial charge in [0.25, 0.3) is 17.2 Å². The van der Waals surface area contributed by atoms with Crippen LogP contribution in [0.4, 0.5) is 11.4 Å². The molecule has 1 aliphatic rings. The van der Waals surface area contributed by atoms with Crippen LogP contribution in [0.5, 0.6) is 11.5 Å². The Balaban J connectivity index is 1.47. The highest BCUT2D eigenvalue weighted by atomic mass is 35.5. The van der Waals surface area contributed by atoms with Crippen LogP contribution in [-0.2, 0) is 4.79 Å². The number of anilines is 1. The molecule has 11 nitrogen and oxygen atoms in total. The second kappa shape index (κ2) is 12.5. The molecule has 2 aromatic heterocycles. The molecule has 0 saturated carbocycles. The molecule has 0 radical (unpaired) electrons. The summed E-state index contributed by atoms with van der Waals surface area (Å²) in [6.07, 6.45) is 1.57. The maximum atomic E-state index is 14.1. The number of ether oxygens (including phenoxy) is 2. The number of methoxy groups -OCH3 is 2. The number of allylic oxidation sites excluding steroid dienone is 1. The number of nitro benzene ring substituents is 1. The molecular formula is C33H25ClN4O7S. The Morgan fingerprint density at radius 1 is 1.09 bits per heavy atom. The SMILES string of the molecule is COc1ccc([C@@H]2C(C(=O)Nc3ccccc3)=C(C)N=c3s/c(=C\c4ccc(-c5ccc(Cl)c([N+](=O)[O-])c5)o4)c(=O)n32)c(OC)c1. The van der Waals surface area contributed by atoms with Gasteiger partial charge >= 0.3 is 0 Å². The minimum Gasteiger partial charge on any atom is -0.497 e. The van der Waals surface area contributed by atoms with E-state index in [-0.39, 0.29) is 16.3 Å². The van der Waals surface area contributed by atoms with Crippen molar-refractivity contribution in [3.63, 3.8) is 0 Å². The van der Waals surface area contributed by atoms with Crippen molar-refractivity contribution in [1.82, 2.24) is 4.57 Å². The zero-order valence-electron chi connectivity index (χ0n) is 24.6. The predicted octanol–water partition coefficient (Wildman–Crippen LogP) is 5.71. The van der Waals surface area contributed by atoms with E-state index in [9.17, 15) is 19.7 Å². The summed E-state index contributed by atoms with van der Waals surface area (Å²) < 4.78 is 18.8. The molecule has 6 rings (SSSR count). The van der Waals surface area contributed by atoms with Gasteiger partial charge < -0.3 is 19.2 Å². The number of amides is 1. The molecule has 3 aromatic carbocycles. The first-order valence-electron chi connectivity index (χ1n) is 13.8. The van der Waals surface area contributed by atoms with Crippen LogP contribution >= 0.6 is 22.9 Å². The number of benzene rings is 3. The van der Waals surface area contributed by atoms with E-state index < -0.39 is 22.4 Å². The molecule has 0 bridgehead atoms. The Bertz CT molecular complexity index is 2220. The van der Waals surface area contributed by atoms with Crippen molar-refractivity contribution in [2.24, 2.45) is 4.99 Å². The average molecular weight is 657 g/mol. The van der Waals surface area contributed by atoms with Gasteiger partial charge in [-0.25, -0.2) is 4.99 Å². The largest absolute Gasteiger partial charge is 0.497 e. The lowest BCUT2D eigenvalue weighted by molar-refractivity contribution is -0.384. The molecule has 0 spiro atoms. The maximum Gasteiger partial charge on any atom is 0.288 e. The summed E-state index contributed by atoms with van der Waals surface area (Å²) in [4.78, 5) is 43.8. The lowest BCUT2D eigenvalue weighted by Gasteiger charge is -2.26. The highest BCUT2D eigenvalue weighted by Gasteiger charge is 2.34. The van der Waals surface area contributed by atoms with Gasteiger partial charge in [0.15, 0.2) is 4.80 Å². The van der Waals surface area contributed by atoms with Gasteiger partial charge in [0.1, 0.15) is 34.1 Å². The predicted molar refractivity (Wildman–Crippen MR) is 174 cm³/mol. The van der Waals surface area contributed by atoms with Crippen molar-refractivity contribution in [2.75, 3.05) is 19.5 Å². The highest BCUT2D eigenvalue weighted by molar-refractivity contribution is 7.07. The number of rotatable bonds is 8. The van der Waals surface area contributed by atoms with Gasteiger partial charge in [0, 0.05) is 35.0 Å². The summed E-state index contributed by atoms with van der Waals surface area (Å²) >= 11 is 7.10. The number of para-hydroxylation sites is 1. The minimum atomic E-state index is -0.884. The molecule has 1 N–H and O–H groups in total. The number of hydrogen-bond acceptors (Lipinski definition) is 9. The van der Waals surface area contributed by atoms with Crippen LogP contribution in [0.2, 0.25) is 5.02 Å². The second-order valence-electron chi connectivity index (χ2n) is 10.1. The number of nitrogens with zero attached hydrogens (tertiary/aromatic N) is 3. The number of aromatic nitrogens is 1. The fourth-order valence-electron chi connectivity index (χ4n) is 5.19.